The maximum Gasteiger partial charge on any atom is 0.407 e. The highest BCUT2D eigenvalue weighted by Gasteiger charge is 2.73. The number of hydrogen-bond donors (Lipinski definition) is 2. The Labute approximate surface area is 424 Å². The Hall–Kier alpha value is -5.86. The van der Waals surface area contributed by atoms with Crippen LogP contribution in [0.1, 0.15) is 143 Å². The molecule has 0 fully saturated rings. The molecular formula is C56H64F12O6. The van der Waals surface area contributed by atoms with E-state index in [4.69, 9.17) is 0 Å². The van der Waals surface area contributed by atoms with Gasteiger partial charge in [-0.05, 0) is 148 Å². The fourth-order valence-electron chi connectivity index (χ4n) is 9.29. The molecular weight excluding hydrogens is 997 g/mol. The van der Waals surface area contributed by atoms with Crippen LogP contribution in [0, 0.1) is 50.4 Å². The fourth-order valence-corrected chi connectivity index (χ4v) is 9.29. The SMILES string of the molecule is CCC(CC)(c1ccc(O)c(C)c1)c1ccc(C#CC(OC(C)=O)C(C)(C(F)(F)F)C(F)(F)F)c(C)c1.CCC(CC)(c1ccc(O)c(C)c1)c1ccc(CCC(OC(C)=O)C(C)(C(F)(F)F)C(F)(F)F)c(C)c1. The molecule has 0 aromatic heterocycles. The molecule has 0 spiro atoms. The molecule has 6 nitrogen and oxygen atoms in total. The van der Waals surface area contributed by atoms with Crippen molar-refractivity contribution in [1.29, 1.82) is 0 Å². The number of rotatable bonds is 15. The molecule has 4 aromatic rings. The van der Waals surface area contributed by atoms with Crippen molar-refractivity contribution in [2.75, 3.05) is 0 Å². The largest absolute Gasteiger partial charge is 0.508 e. The molecule has 0 heterocycles. The van der Waals surface area contributed by atoms with Crippen molar-refractivity contribution in [1.82, 2.24) is 0 Å². The Balaban J connectivity index is 0.000000390. The highest BCUT2D eigenvalue weighted by molar-refractivity contribution is 5.67. The van der Waals surface area contributed by atoms with E-state index < -0.39 is 76.9 Å². The van der Waals surface area contributed by atoms with Crippen molar-refractivity contribution < 1.29 is 82.0 Å². The van der Waals surface area contributed by atoms with E-state index in [-0.39, 0.29) is 37.3 Å². The number of aromatic hydroxyl groups is 2. The number of benzene rings is 4. The molecule has 0 aliphatic carbocycles. The van der Waals surface area contributed by atoms with Gasteiger partial charge in [0, 0.05) is 30.2 Å². The Morgan fingerprint density at radius 2 is 0.865 bits per heavy atom. The van der Waals surface area contributed by atoms with Gasteiger partial charge in [0.15, 0.2) is 11.5 Å². The first-order valence-corrected chi connectivity index (χ1v) is 23.8. The van der Waals surface area contributed by atoms with Gasteiger partial charge in [-0.1, -0.05) is 94.1 Å². The van der Waals surface area contributed by atoms with E-state index in [1.54, 1.807) is 58.0 Å². The van der Waals surface area contributed by atoms with Gasteiger partial charge in [0.1, 0.15) is 17.6 Å². The quantitative estimate of drug-likeness (QED) is 0.0700. The first-order chi connectivity index (χ1) is 33.9. The van der Waals surface area contributed by atoms with E-state index in [0.717, 1.165) is 54.5 Å². The Morgan fingerprint density at radius 1 is 0.514 bits per heavy atom. The lowest BCUT2D eigenvalue weighted by Crippen LogP contribution is -2.56. The number of hydrogen-bond acceptors (Lipinski definition) is 6. The van der Waals surface area contributed by atoms with E-state index in [2.05, 4.69) is 15.4 Å². The van der Waals surface area contributed by atoms with E-state index in [9.17, 15) is 72.5 Å². The number of carbonyl (C=O) groups excluding carboxylic acids is 2. The van der Waals surface area contributed by atoms with Crippen LogP contribution in [-0.4, -0.2) is 59.1 Å². The second-order valence-corrected chi connectivity index (χ2v) is 19.0. The van der Waals surface area contributed by atoms with Crippen LogP contribution < -0.4 is 0 Å². The zero-order chi connectivity index (χ0) is 56.8. The van der Waals surface area contributed by atoms with Crippen molar-refractivity contribution in [3.8, 4) is 23.3 Å². The Morgan fingerprint density at radius 3 is 1.19 bits per heavy atom. The molecule has 2 atom stereocenters. The van der Waals surface area contributed by atoms with Gasteiger partial charge >= 0.3 is 36.6 Å². The van der Waals surface area contributed by atoms with E-state index in [1.807, 2.05) is 70.0 Å². The molecule has 4 aromatic carbocycles. The summed E-state index contributed by atoms with van der Waals surface area (Å²) in [6.45, 7) is 16.6. The Kier molecular flexibility index (Phi) is 19.7. The maximum atomic E-state index is 13.7. The summed E-state index contributed by atoms with van der Waals surface area (Å²) in [5.41, 5.74) is -2.18. The predicted octanol–water partition coefficient (Wildman–Crippen LogP) is 15.6. The number of aryl methyl sites for hydroxylation is 5. The minimum absolute atomic E-state index is 0.0348. The van der Waals surface area contributed by atoms with Crippen molar-refractivity contribution in [2.24, 2.45) is 10.8 Å². The third kappa shape index (κ3) is 12.8. The lowest BCUT2D eigenvalue weighted by molar-refractivity contribution is -0.360. The van der Waals surface area contributed by atoms with Gasteiger partial charge in [0.2, 0.25) is 5.41 Å². The van der Waals surface area contributed by atoms with Crippen LogP contribution in [0.3, 0.4) is 0 Å². The first kappa shape index (κ1) is 62.4. The third-order valence-electron chi connectivity index (χ3n) is 14.7. The monoisotopic (exact) mass is 1060 g/mol. The normalized spacial score (nSPS) is 13.7. The molecule has 0 saturated heterocycles. The molecule has 4 rings (SSSR count). The van der Waals surface area contributed by atoms with Crippen LogP contribution in [0.15, 0.2) is 72.8 Å². The van der Waals surface area contributed by atoms with Crippen LogP contribution in [0.5, 0.6) is 11.5 Å². The summed E-state index contributed by atoms with van der Waals surface area (Å²) in [5.74, 6) is 2.14. The number of phenols is 2. The van der Waals surface area contributed by atoms with Crippen LogP contribution in [0.2, 0.25) is 0 Å². The summed E-state index contributed by atoms with van der Waals surface area (Å²) in [6.07, 6.45) is -26.1. The van der Waals surface area contributed by atoms with Crippen LogP contribution in [-0.2, 0) is 36.3 Å². The zero-order valence-electron chi connectivity index (χ0n) is 43.4. The number of carbonyl (C=O) groups is 2. The molecule has 0 radical (unpaired) electrons. The molecule has 0 aliphatic rings. The van der Waals surface area contributed by atoms with Crippen LogP contribution in [0.25, 0.3) is 0 Å². The lowest BCUT2D eigenvalue weighted by Gasteiger charge is -2.39. The third-order valence-corrected chi connectivity index (χ3v) is 14.7. The minimum Gasteiger partial charge on any atom is -0.508 e. The van der Waals surface area contributed by atoms with Crippen molar-refractivity contribution in [2.45, 2.75) is 169 Å². The molecule has 0 amide bonds. The van der Waals surface area contributed by atoms with Gasteiger partial charge in [-0.3, -0.25) is 9.59 Å². The molecule has 2 N–H and O–H groups in total. The number of halogens is 12. The Bertz CT molecular complexity index is 2630. The van der Waals surface area contributed by atoms with Gasteiger partial charge in [-0.15, -0.1) is 0 Å². The average molecular weight is 1060 g/mol. The number of alkyl halides is 12. The molecule has 74 heavy (non-hydrogen) atoms. The van der Waals surface area contributed by atoms with E-state index in [1.165, 1.54) is 6.07 Å². The van der Waals surface area contributed by atoms with Gasteiger partial charge in [-0.25, -0.2) is 0 Å². The van der Waals surface area contributed by atoms with Crippen molar-refractivity contribution in [3.05, 3.63) is 128 Å². The number of esters is 2. The van der Waals surface area contributed by atoms with Crippen molar-refractivity contribution in [3.63, 3.8) is 0 Å². The smallest absolute Gasteiger partial charge is 0.407 e. The van der Waals surface area contributed by atoms with Gasteiger partial charge in [0.25, 0.3) is 0 Å². The summed E-state index contributed by atoms with van der Waals surface area (Å²) >= 11 is 0. The minimum atomic E-state index is -5.77. The van der Waals surface area contributed by atoms with Gasteiger partial charge in [0.05, 0.1) is 0 Å². The fraction of sp³-hybridized carbons (Fsp3) is 0.500. The molecule has 18 heteroatoms. The maximum absolute atomic E-state index is 13.7. The summed E-state index contributed by atoms with van der Waals surface area (Å²) in [6, 6.07) is 21.3. The summed E-state index contributed by atoms with van der Waals surface area (Å²) in [5, 5.41) is 19.9. The molecule has 2 unspecified atom stereocenters. The second kappa shape index (κ2) is 23.4. The summed E-state index contributed by atoms with van der Waals surface area (Å²) < 4.78 is 173. The van der Waals surface area contributed by atoms with E-state index in [0.29, 0.717) is 35.1 Å². The second-order valence-electron chi connectivity index (χ2n) is 19.0. The van der Waals surface area contributed by atoms with Gasteiger partial charge in [-0.2, -0.15) is 52.7 Å². The highest BCUT2D eigenvalue weighted by atomic mass is 19.4. The average Bonchev–Trinajstić information content (AvgIpc) is 3.28. The predicted molar refractivity (Wildman–Crippen MR) is 258 cm³/mol. The lowest BCUT2D eigenvalue weighted by atomic mass is 9.69. The number of ether oxygens (including phenoxy) is 2. The molecule has 0 aliphatic heterocycles. The van der Waals surface area contributed by atoms with Crippen LogP contribution in [0.4, 0.5) is 52.7 Å². The number of phenolic OH excluding ortho intramolecular Hbond substituents is 2. The van der Waals surface area contributed by atoms with Crippen molar-refractivity contribution >= 4 is 11.9 Å². The van der Waals surface area contributed by atoms with Crippen LogP contribution >= 0.6 is 0 Å². The zero-order valence-corrected chi connectivity index (χ0v) is 43.4. The van der Waals surface area contributed by atoms with Gasteiger partial charge < -0.3 is 19.7 Å². The molecule has 0 bridgehead atoms. The molecule has 408 valence electrons. The molecule has 0 saturated carbocycles. The topological polar surface area (TPSA) is 93.1 Å². The summed E-state index contributed by atoms with van der Waals surface area (Å²) in [7, 11) is 0. The first-order valence-electron chi connectivity index (χ1n) is 23.8. The van der Waals surface area contributed by atoms with E-state index >= 15 is 0 Å². The highest BCUT2D eigenvalue weighted by Crippen LogP contribution is 2.55. The standard InChI is InChI=1S/C28H34F6O3.C28H30F6O3/c2*1-7-26(8-2,22-12-13-23(36)18(4)16-22)21-11-9-20(17(3)15-21)10-14-24(37-19(5)35)25(6,27(29,30)31)28(32,33)34/h9,11-13,15-16,24,36H,7-8,10,14H2,1-6H3;9,11-13,15-16,24,36H,7-8H2,1-6H3. The summed E-state index contributed by atoms with van der Waals surface area (Å²) in [4.78, 5) is 22.9.